The summed E-state index contributed by atoms with van der Waals surface area (Å²) in [5.74, 6) is 2.23. The molecule has 0 radical (unpaired) electrons. The molecule has 3 aromatic rings. The Balaban J connectivity index is 1.45. The van der Waals surface area contributed by atoms with Crippen molar-refractivity contribution in [2.24, 2.45) is 0 Å². The van der Waals surface area contributed by atoms with Gasteiger partial charge in [0.05, 0.1) is 38.1 Å². The predicted octanol–water partition coefficient (Wildman–Crippen LogP) is 3.70. The summed E-state index contributed by atoms with van der Waals surface area (Å²) in [6, 6.07) is 16.7. The minimum absolute atomic E-state index is 0.169. The van der Waals surface area contributed by atoms with Crippen molar-refractivity contribution < 1.29 is 19.0 Å². The monoisotopic (exact) mass is 461 g/mol. The quantitative estimate of drug-likeness (QED) is 0.620. The first-order valence-corrected chi connectivity index (χ1v) is 11.4. The van der Waals surface area contributed by atoms with E-state index in [9.17, 15) is 4.79 Å². The van der Waals surface area contributed by atoms with Crippen LogP contribution in [-0.2, 0) is 17.7 Å². The molecule has 34 heavy (non-hydrogen) atoms. The number of methoxy groups -OCH3 is 1. The summed E-state index contributed by atoms with van der Waals surface area (Å²) >= 11 is 0. The van der Waals surface area contributed by atoms with Crippen molar-refractivity contribution in [2.45, 2.75) is 13.0 Å². The van der Waals surface area contributed by atoms with Crippen LogP contribution in [-0.4, -0.2) is 60.9 Å². The van der Waals surface area contributed by atoms with Crippen molar-refractivity contribution in [3.8, 4) is 17.4 Å². The third-order valence-corrected chi connectivity index (χ3v) is 5.89. The molecule has 2 aliphatic rings. The fourth-order valence-electron chi connectivity index (χ4n) is 4.07. The molecule has 1 N–H and O–H groups in total. The number of amides is 2. The number of benzene rings is 2. The van der Waals surface area contributed by atoms with Gasteiger partial charge in [-0.2, -0.15) is 4.98 Å². The SMILES string of the molecule is COc1ccccc1Oc1nc(N2CCOCC2)nc2c1CN(C(=O)Nc1ccccc1)CC2. The normalized spacial score (nSPS) is 15.4. The fraction of sp³-hybridized carbons (Fsp3) is 0.320. The number of nitrogens with zero attached hydrogens (tertiary/aromatic N) is 4. The molecule has 2 aromatic carbocycles. The van der Waals surface area contributed by atoms with Gasteiger partial charge in [0.25, 0.3) is 0 Å². The smallest absolute Gasteiger partial charge is 0.322 e. The second-order valence-corrected chi connectivity index (χ2v) is 8.07. The Bertz CT molecular complexity index is 1150. The highest BCUT2D eigenvalue weighted by atomic mass is 16.5. The molecule has 5 rings (SSSR count). The van der Waals surface area contributed by atoms with Gasteiger partial charge in [-0.1, -0.05) is 30.3 Å². The molecule has 2 amide bonds. The van der Waals surface area contributed by atoms with Crippen LogP contribution < -0.4 is 19.7 Å². The molecular weight excluding hydrogens is 434 g/mol. The van der Waals surface area contributed by atoms with Crippen molar-refractivity contribution >= 4 is 17.7 Å². The number of hydrogen-bond donors (Lipinski definition) is 1. The molecule has 9 heteroatoms. The van der Waals surface area contributed by atoms with Crippen LogP contribution in [0.1, 0.15) is 11.3 Å². The lowest BCUT2D eigenvalue weighted by atomic mass is 10.1. The number of nitrogens with one attached hydrogen (secondary N) is 1. The summed E-state index contributed by atoms with van der Waals surface area (Å²) in [7, 11) is 1.60. The van der Waals surface area contributed by atoms with Gasteiger partial charge in [-0.05, 0) is 24.3 Å². The van der Waals surface area contributed by atoms with E-state index in [1.165, 1.54) is 0 Å². The number of aromatic nitrogens is 2. The first-order valence-electron chi connectivity index (χ1n) is 11.4. The maximum atomic E-state index is 13.0. The van der Waals surface area contributed by atoms with Gasteiger partial charge in [0.1, 0.15) is 0 Å². The summed E-state index contributed by atoms with van der Waals surface area (Å²) in [5, 5.41) is 2.96. The van der Waals surface area contributed by atoms with E-state index in [0.717, 1.165) is 30.0 Å². The molecule has 0 aliphatic carbocycles. The molecule has 3 heterocycles. The second kappa shape index (κ2) is 9.96. The highest BCUT2D eigenvalue weighted by molar-refractivity contribution is 5.89. The van der Waals surface area contributed by atoms with Crippen molar-refractivity contribution in [2.75, 3.05) is 50.2 Å². The molecule has 0 atom stereocenters. The molecule has 0 bridgehead atoms. The standard InChI is InChI=1S/C25H27N5O4/c1-32-21-9-5-6-10-22(21)34-23-19-17-30(25(31)26-18-7-3-2-4-8-18)12-11-20(19)27-24(28-23)29-13-15-33-16-14-29/h2-10H,11-17H2,1H3,(H,26,31). The highest BCUT2D eigenvalue weighted by Gasteiger charge is 2.28. The van der Waals surface area contributed by atoms with Gasteiger partial charge >= 0.3 is 6.03 Å². The summed E-state index contributed by atoms with van der Waals surface area (Å²) in [5.41, 5.74) is 2.45. The Morgan fingerprint density at radius 2 is 1.71 bits per heavy atom. The van der Waals surface area contributed by atoms with Gasteiger partial charge < -0.3 is 29.3 Å². The lowest BCUT2D eigenvalue weighted by Gasteiger charge is -2.32. The lowest BCUT2D eigenvalue weighted by Crippen LogP contribution is -2.41. The van der Waals surface area contributed by atoms with Crippen LogP contribution in [0, 0.1) is 0 Å². The number of rotatable bonds is 5. The summed E-state index contributed by atoms with van der Waals surface area (Å²) < 4.78 is 17.2. The van der Waals surface area contributed by atoms with Crippen LogP contribution in [0.5, 0.6) is 17.4 Å². The molecule has 1 fully saturated rings. The minimum atomic E-state index is -0.169. The Labute approximate surface area is 198 Å². The molecule has 0 unspecified atom stereocenters. The van der Waals surface area contributed by atoms with E-state index in [-0.39, 0.29) is 6.03 Å². The average molecular weight is 462 g/mol. The zero-order valence-corrected chi connectivity index (χ0v) is 19.1. The predicted molar refractivity (Wildman–Crippen MR) is 128 cm³/mol. The molecule has 1 saturated heterocycles. The summed E-state index contributed by atoms with van der Waals surface area (Å²) in [6.07, 6.45) is 0.611. The molecule has 0 spiro atoms. The maximum absolute atomic E-state index is 13.0. The molecule has 176 valence electrons. The average Bonchev–Trinajstić information content (AvgIpc) is 2.89. The fourth-order valence-corrected chi connectivity index (χ4v) is 4.07. The minimum Gasteiger partial charge on any atom is -0.493 e. The van der Waals surface area contributed by atoms with Crippen LogP contribution in [0.15, 0.2) is 54.6 Å². The Morgan fingerprint density at radius 3 is 2.47 bits per heavy atom. The van der Waals surface area contributed by atoms with E-state index < -0.39 is 0 Å². The number of anilines is 2. The number of urea groups is 1. The number of morpholine rings is 1. The Hall–Kier alpha value is -3.85. The van der Waals surface area contributed by atoms with Crippen LogP contribution in [0.3, 0.4) is 0 Å². The Morgan fingerprint density at radius 1 is 0.971 bits per heavy atom. The van der Waals surface area contributed by atoms with E-state index >= 15 is 0 Å². The van der Waals surface area contributed by atoms with Crippen molar-refractivity contribution in [1.82, 2.24) is 14.9 Å². The van der Waals surface area contributed by atoms with Gasteiger partial charge in [0.2, 0.25) is 11.8 Å². The number of para-hydroxylation sites is 3. The van der Waals surface area contributed by atoms with Crippen LogP contribution in [0.4, 0.5) is 16.4 Å². The highest BCUT2D eigenvalue weighted by Crippen LogP contribution is 2.35. The third-order valence-electron chi connectivity index (χ3n) is 5.89. The van der Waals surface area contributed by atoms with Crippen LogP contribution in [0.25, 0.3) is 0 Å². The van der Waals surface area contributed by atoms with E-state index in [4.69, 9.17) is 24.2 Å². The van der Waals surface area contributed by atoms with Gasteiger partial charge in [-0.25, -0.2) is 9.78 Å². The first kappa shape index (κ1) is 22.0. The number of carbonyl (C=O) groups is 1. The van der Waals surface area contributed by atoms with E-state index in [0.29, 0.717) is 56.1 Å². The zero-order chi connectivity index (χ0) is 23.3. The molecule has 2 aliphatic heterocycles. The Kier molecular flexibility index (Phi) is 6.44. The van der Waals surface area contributed by atoms with Crippen molar-refractivity contribution in [3.05, 3.63) is 65.9 Å². The van der Waals surface area contributed by atoms with Gasteiger partial charge in [0.15, 0.2) is 11.5 Å². The zero-order valence-electron chi connectivity index (χ0n) is 19.1. The van der Waals surface area contributed by atoms with Crippen LogP contribution in [0.2, 0.25) is 0 Å². The topological polar surface area (TPSA) is 89.1 Å². The number of hydrogen-bond acceptors (Lipinski definition) is 7. The van der Waals surface area contributed by atoms with E-state index in [1.54, 1.807) is 12.0 Å². The van der Waals surface area contributed by atoms with Crippen molar-refractivity contribution in [3.63, 3.8) is 0 Å². The first-order chi connectivity index (χ1) is 16.7. The molecule has 1 aromatic heterocycles. The van der Waals surface area contributed by atoms with Crippen molar-refractivity contribution in [1.29, 1.82) is 0 Å². The number of ether oxygens (including phenoxy) is 3. The second-order valence-electron chi connectivity index (χ2n) is 8.07. The van der Waals surface area contributed by atoms with Gasteiger partial charge in [0, 0.05) is 31.7 Å². The summed E-state index contributed by atoms with van der Waals surface area (Å²) in [6.45, 7) is 3.62. The third kappa shape index (κ3) is 4.74. The van der Waals surface area contributed by atoms with Crippen LogP contribution >= 0.6 is 0 Å². The molecule has 9 nitrogen and oxygen atoms in total. The van der Waals surface area contributed by atoms with E-state index in [2.05, 4.69) is 10.2 Å². The lowest BCUT2D eigenvalue weighted by molar-refractivity contribution is 0.122. The van der Waals surface area contributed by atoms with E-state index in [1.807, 2.05) is 54.6 Å². The number of fused-ring (bicyclic) bond motifs is 1. The molecule has 0 saturated carbocycles. The van der Waals surface area contributed by atoms with Gasteiger partial charge in [-0.15, -0.1) is 0 Å². The van der Waals surface area contributed by atoms with Gasteiger partial charge in [-0.3, -0.25) is 0 Å². The maximum Gasteiger partial charge on any atom is 0.322 e. The number of carbonyl (C=O) groups excluding carboxylic acids is 1. The summed E-state index contributed by atoms with van der Waals surface area (Å²) in [4.78, 5) is 26.4. The largest absolute Gasteiger partial charge is 0.493 e. The molecular formula is C25H27N5O4.